The van der Waals surface area contributed by atoms with E-state index in [0.717, 1.165) is 0 Å². The van der Waals surface area contributed by atoms with Gasteiger partial charge in [-0.1, -0.05) is 23.7 Å². The van der Waals surface area contributed by atoms with E-state index in [1.165, 1.54) is 13.8 Å². The van der Waals surface area contributed by atoms with Crippen LogP contribution in [0.1, 0.15) is 36.7 Å². The molecule has 8 heteroatoms. The minimum atomic E-state index is -0.484. The second-order valence-electron chi connectivity index (χ2n) is 5.74. The van der Waals surface area contributed by atoms with Crippen molar-refractivity contribution in [2.24, 2.45) is 5.10 Å². The van der Waals surface area contributed by atoms with Crippen LogP contribution in [0.2, 0.25) is 5.02 Å². The van der Waals surface area contributed by atoms with Gasteiger partial charge in [0.25, 0.3) is 5.91 Å². The summed E-state index contributed by atoms with van der Waals surface area (Å²) in [5.41, 5.74) is 4.67. The van der Waals surface area contributed by atoms with Crippen LogP contribution in [0.25, 0.3) is 0 Å². The van der Waals surface area contributed by atoms with E-state index in [0.29, 0.717) is 27.7 Å². The van der Waals surface area contributed by atoms with E-state index in [9.17, 15) is 14.4 Å². The van der Waals surface area contributed by atoms with Crippen LogP contribution in [0.15, 0.2) is 47.6 Å². The quantitative estimate of drug-likeness (QED) is 0.542. The van der Waals surface area contributed by atoms with Gasteiger partial charge >= 0.3 is 0 Å². The summed E-state index contributed by atoms with van der Waals surface area (Å²) in [6.45, 7) is 4.43. The van der Waals surface area contributed by atoms with Gasteiger partial charge in [0.1, 0.15) is 0 Å². The summed E-state index contributed by atoms with van der Waals surface area (Å²) in [5, 5.41) is 9.85. The number of hydrogen-bond acceptors (Lipinski definition) is 4. The second-order valence-corrected chi connectivity index (χ2v) is 6.17. The molecule has 0 fully saturated rings. The third-order valence-electron chi connectivity index (χ3n) is 3.49. The summed E-state index contributed by atoms with van der Waals surface area (Å²) in [6, 6.07) is 11.5. The fourth-order valence-corrected chi connectivity index (χ4v) is 2.52. The van der Waals surface area contributed by atoms with E-state index in [1.54, 1.807) is 49.4 Å². The Balaban J connectivity index is 2.26. The average Bonchev–Trinajstić information content (AvgIpc) is 2.60. The second kappa shape index (κ2) is 8.95. The highest BCUT2D eigenvalue weighted by molar-refractivity contribution is 6.31. The maximum atomic E-state index is 12.4. The maximum absolute atomic E-state index is 12.4. The molecule has 0 bridgehead atoms. The van der Waals surface area contributed by atoms with Gasteiger partial charge in [0.2, 0.25) is 11.8 Å². The highest BCUT2D eigenvalue weighted by Crippen LogP contribution is 2.22. The Bertz CT molecular complexity index is 925. The Labute approximate surface area is 161 Å². The van der Waals surface area contributed by atoms with E-state index in [-0.39, 0.29) is 17.4 Å². The van der Waals surface area contributed by atoms with Crippen molar-refractivity contribution >= 4 is 46.4 Å². The predicted molar refractivity (Wildman–Crippen MR) is 106 cm³/mol. The summed E-state index contributed by atoms with van der Waals surface area (Å²) >= 11 is 6.03. The number of carbonyl (C=O) groups excluding carboxylic acids is 3. The van der Waals surface area contributed by atoms with E-state index in [4.69, 9.17) is 11.6 Å². The monoisotopic (exact) mass is 386 g/mol. The molecule has 0 spiro atoms. The number of amides is 3. The minimum absolute atomic E-state index is 0.236. The van der Waals surface area contributed by atoms with E-state index >= 15 is 0 Å². The van der Waals surface area contributed by atoms with Gasteiger partial charge in [0.15, 0.2) is 0 Å². The van der Waals surface area contributed by atoms with Crippen LogP contribution in [0, 0.1) is 0 Å². The van der Waals surface area contributed by atoms with Gasteiger partial charge in [-0.25, -0.2) is 5.43 Å². The van der Waals surface area contributed by atoms with Gasteiger partial charge in [0, 0.05) is 30.1 Å². The van der Waals surface area contributed by atoms with Gasteiger partial charge in [-0.2, -0.15) is 5.10 Å². The molecule has 0 radical (unpaired) electrons. The van der Waals surface area contributed by atoms with E-state index < -0.39 is 5.91 Å². The number of carbonyl (C=O) groups is 3. The Hall–Kier alpha value is -3.19. The molecule has 3 amide bonds. The Kier molecular flexibility index (Phi) is 6.67. The molecule has 0 unspecified atom stereocenters. The number of para-hydroxylation sites is 1. The largest absolute Gasteiger partial charge is 0.326 e. The number of nitrogens with zero attached hydrogens (tertiary/aromatic N) is 1. The molecule has 0 aliphatic heterocycles. The fourth-order valence-electron chi connectivity index (χ4n) is 2.35. The van der Waals surface area contributed by atoms with Gasteiger partial charge in [-0.3, -0.25) is 14.4 Å². The number of hydrazone groups is 1. The number of nitrogens with one attached hydrogen (secondary N) is 3. The highest BCUT2D eigenvalue weighted by atomic mass is 35.5. The molecule has 0 aliphatic rings. The van der Waals surface area contributed by atoms with Crippen LogP contribution < -0.4 is 16.1 Å². The maximum Gasteiger partial charge on any atom is 0.273 e. The molecule has 0 aromatic heterocycles. The van der Waals surface area contributed by atoms with Crippen LogP contribution in [-0.4, -0.2) is 23.4 Å². The Morgan fingerprint density at radius 3 is 2.07 bits per heavy atom. The molecule has 2 aromatic carbocycles. The first-order valence-corrected chi connectivity index (χ1v) is 8.44. The summed E-state index contributed by atoms with van der Waals surface area (Å²) in [4.78, 5) is 35.1. The van der Waals surface area contributed by atoms with Crippen molar-refractivity contribution in [2.75, 3.05) is 10.6 Å². The summed E-state index contributed by atoms with van der Waals surface area (Å²) < 4.78 is 0. The fraction of sp³-hybridized carbons (Fsp3) is 0.158. The molecular weight excluding hydrogens is 368 g/mol. The van der Waals surface area contributed by atoms with Crippen molar-refractivity contribution in [2.45, 2.75) is 20.8 Å². The number of rotatable bonds is 5. The smallest absolute Gasteiger partial charge is 0.273 e. The van der Waals surface area contributed by atoms with Crippen LogP contribution >= 0.6 is 11.6 Å². The van der Waals surface area contributed by atoms with E-state index in [1.807, 2.05) is 0 Å². The molecule has 0 atom stereocenters. The number of halogens is 1. The van der Waals surface area contributed by atoms with Crippen LogP contribution in [-0.2, 0) is 9.59 Å². The Morgan fingerprint density at radius 2 is 1.44 bits per heavy atom. The van der Waals surface area contributed by atoms with Crippen molar-refractivity contribution in [1.82, 2.24) is 5.43 Å². The first kappa shape index (κ1) is 20.1. The normalized spacial score (nSPS) is 10.9. The minimum Gasteiger partial charge on any atom is -0.326 e. The molecule has 27 heavy (non-hydrogen) atoms. The zero-order valence-corrected chi connectivity index (χ0v) is 15.8. The van der Waals surface area contributed by atoms with Crippen molar-refractivity contribution in [3.63, 3.8) is 0 Å². The molecule has 140 valence electrons. The standard InChI is InChI=1S/C19H19ClN4O3/c1-11(16-10-14(20)8-9-18(16)22-13(3)26)23-24-19(27)15-6-4-5-7-17(15)21-12(2)25/h4-10H,1-3H3,(H,21,25)(H,22,26)(H,24,27)/b23-11+. The number of hydrogen-bond donors (Lipinski definition) is 3. The van der Waals surface area contributed by atoms with Gasteiger partial charge in [-0.05, 0) is 37.3 Å². The first-order valence-electron chi connectivity index (χ1n) is 8.06. The topological polar surface area (TPSA) is 99.7 Å². The van der Waals surface area contributed by atoms with Crippen molar-refractivity contribution < 1.29 is 14.4 Å². The molecule has 7 nitrogen and oxygen atoms in total. The summed E-state index contributed by atoms with van der Waals surface area (Å²) in [5.74, 6) is -1.00. The lowest BCUT2D eigenvalue weighted by Gasteiger charge is -2.11. The third kappa shape index (κ3) is 5.65. The zero-order valence-electron chi connectivity index (χ0n) is 15.1. The first-order chi connectivity index (χ1) is 12.8. The lowest BCUT2D eigenvalue weighted by atomic mass is 10.1. The molecular formula is C19H19ClN4O3. The lowest BCUT2D eigenvalue weighted by molar-refractivity contribution is -0.115. The Morgan fingerprint density at radius 1 is 0.852 bits per heavy atom. The van der Waals surface area contributed by atoms with Gasteiger partial charge < -0.3 is 10.6 Å². The summed E-state index contributed by atoms with van der Waals surface area (Å²) in [6.07, 6.45) is 0. The van der Waals surface area contributed by atoms with Crippen LogP contribution in [0.4, 0.5) is 11.4 Å². The zero-order chi connectivity index (χ0) is 20.0. The molecule has 3 N–H and O–H groups in total. The van der Waals surface area contributed by atoms with Crippen LogP contribution in [0.3, 0.4) is 0 Å². The molecule has 0 aliphatic carbocycles. The molecule has 2 aromatic rings. The highest BCUT2D eigenvalue weighted by Gasteiger charge is 2.13. The van der Waals surface area contributed by atoms with Crippen LogP contribution in [0.5, 0.6) is 0 Å². The predicted octanol–water partition coefficient (Wildman–Crippen LogP) is 3.41. The van der Waals surface area contributed by atoms with Gasteiger partial charge in [-0.15, -0.1) is 0 Å². The van der Waals surface area contributed by atoms with Crippen molar-refractivity contribution in [3.8, 4) is 0 Å². The number of benzene rings is 2. The van der Waals surface area contributed by atoms with Crippen molar-refractivity contribution in [3.05, 3.63) is 58.6 Å². The SMILES string of the molecule is CC(=O)Nc1ccccc1C(=O)N/N=C(\C)c1cc(Cl)ccc1NC(C)=O. The molecule has 2 rings (SSSR count). The van der Waals surface area contributed by atoms with E-state index in [2.05, 4.69) is 21.2 Å². The molecule has 0 saturated carbocycles. The third-order valence-corrected chi connectivity index (χ3v) is 3.72. The molecule has 0 saturated heterocycles. The molecule has 0 heterocycles. The number of anilines is 2. The lowest BCUT2D eigenvalue weighted by Crippen LogP contribution is -2.22. The van der Waals surface area contributed by atoms with Gasteiger partial charge in [0.05, 0.1) is 17.0 Å². The summed E-state index contributed by atoms with van der Waals surface area (Å²) in [7, 11) is 0. The van der Waals surface area contributed by atoms with Crippen molar-refractivity contribution in [1.29, 1.82) is 0 Å². The average molecular weight is 387 g/mol.